The molecule has 3 unspecified atom stereocenters. The zero-order valence-electron chi connectivity index (χ0n) is 11.5. The quantitative estimate of drug-likeness (QED) is 0.782. The van der Waals surface area contributed by atoms with Crippen LogP contribution in [0.25, 0.3) is 0 Å². The van der Waals surface area contributed by atoms with Crippen LogP contribution >= 0.6 is 0 Å². The van der Waals surface area contributed by atoms with E-state index in [4.69, 9.17) is 9.29 Å². The van der Waals surface area contributed by atoms with E-state index in [0.717, 1.165) is 12.8 Å². The monoisotopic (exact) mass is 280 g/mol. The molecule has 0 amide bonds. The lowest BCUT2D eigenvalue weighted by molar-refractivity contribution is -0.126. The van der Waals surface area contributed by atoms with Crippen molar-refractivity contribution in [3.63, 3.8) is 0 Å². The Balaban J connectivity index is 2.58. The Hall–Kier alpha value is -0.170. The number of rotatable bonds is 5. The minimum absolute atomic E-state index is 0.104. The van der Waals surface area contributed by atoms with Gasteiger partial charge in [-0.1, -0.05) is 27.7 Å². The van der Waals surface area contributed by atoms with Gasteiger partial charge in [-0.3, -0.25) is 4.55 Å². The highest BCUT2D eigenvalue weighted by Gasteiger charge is 2.35. The summed E-state index contributed by atoms with van der Waals surface area (Å²) in [5.74, 6) is 1.42. The third kappa shape index (κ3) is 4.84. The third-order valence-corrected chi connectivity index (χ3v) is 3.94. The summed E-state index contributed by atoms with van der Waals surface area (Å²) in [6.45, 7) is 8.46. The molecule has 1 heterocycles. The molecular formula is C12H24O5S. The standard InChI is InChI=1S/C12H24O5S/c1-8(2)11-6-5-10(7-16-18(13,14)15)17-12(11)9(3)4/h8-12H,5-7H2,1-4H3,(H,13,14,15). The summed E-state index contributed by atoms with van der Waals surface area (Å²) >= 11 is 0. The maximum absolute atomic E-state index is 10.5. The number of hydrogen-bond acceptors (Lipinski definition) is 4. The summed E-state index contributed by atoms with van der Waals surface area (Å²) in [4.78, 5) is 0. The van der Waals surface area contributed by atoms with Crippen molar-refractivity contribution in [1.82, 2.24) is 0 Å². The maximum Gasteiger partial charge on any atom is 0.397 e. The summed E-state index contributed by atoms with van der Waals surface area (Å²) < 4.78 is 39.9. The molecule has 0 aromatic heterocycles. The molecule has 1 aliphatic rings. The largest absolute Gasteiger partial charge is 0.397 e. The molecule has 3 atom stereocenters. The van der Waals surface area contributed by atoms with Gasteiger partial charge >= 0.3 is 10.4 Å². The normalized spacial score (nSPS) is 30.1. The van der Waals surface area contributed by atoms with Gasteiger partial charge in [0.05, 0.1) is 18.8 Å². The maximum atomic E-state index is 10.5. The molecule has 1 fully saturated rings. The van der Waals surface area contributed by atoms with E-state index in [1.807, 2.05) is 0 Å². The minimum atomic E-state index is -4.37. The van der Waals surface area contributed by atoms with Gasteiger partial charge in [-0.25, -0.2) is 4.18 Å². The lowest BCUT2D eigenvalue weighted by Crippen LogP contribution is -2.42. The van der Waals surface area contributed by atoms with Gasteiger partial charge in [0.15, 0.2) is 0 Å². The molecule has 0 aliphatic carbocycles. The summed E-state index contributed by atoms with van der Waals surface area (Å²) in [6, 6.07) is 0. The fraction of sp³-hybridized carbons (Fsp3) is 1.00. The van der Waals surface area contributed by atoms with Gasteiger partial charge in [0, 0.05) is 0 Å². The van der Waals surface area contributed by atoms with Crippen molar-refractivity contribution in [2.24, 2.45) is 17.8 Å². The van der Waals surface area contributed by atoms with Crippen LogP contribution in [0.5, 0.6) is 0 Å². The van der Waals surface area contributed by atoms with Gasteiger partial charge < -0.3 is 4.74 Å². The number of hydrogen-bond donors (Lipinski definition) is 1. The van der Waals surface area contributed by atoms with Crippen molar-refractivity contribution in [3.8, 4) is 0 Å². The molecule has 108 valence electrons. The van der Waals surface area contributed by atoms with E-state index < -0.39 is 10.4 Å². The first-order chi connectivity index (χ1) is 8.20. The second kappa shape index (κ2) is 6.32. The summed E-state index contributed by atoms with van der Waals surface area (Å²) in [5, 5.41) is 0. The molecule has 0 spiro atoms. The molecule has 1 aliphatic heterocycles. The molecule has 1 rings (SSSR count). The Kier molecular flexibility index (Phi) is 5.58. The van der Waals surface area contributed by atoms with E-state index in [9.17, 15) is 8.42 Å². The second-order valence-electron chi connectivity index (χ2n) is 5.66. The summed E-state index contributed by atoms with van der Waals surface area (Å²) in [7, 11) is -4.37. The minimum Gasteiger partial charge on any atom is -0.372 e. The average molecular weight is 280 g/mol. The Morgan fingerprint density at radius 1 is 1.22 bits per heavy atom. The van der Waals surface area contributed by atoms with Crippen molar-refractivity contribution in [2.45, 2.75) is 52.7 Å². The van der Waals surface area contributed by atoms with Crippen LogP contribution < -0.4 is 0 Å². The van der Waals surface area contributed by atoms with Crippen LogP contribution in [-0.2, 0) is 19.3 Å². The van der Waals surface area contributed by atoms with Gasteiger partial charge in [-0.15, -0.1) is 0 Å². The van der Waals surface area contributed by atoms with Crippen LogP contribution in [0.15, 0.2) is 0 Å². The van der Waals surface area contributed by atoms with E-state index >= 15 is 0 Å². The Labute approximate surface area is 110 Å². The highest BCUT2D eigenvalue weighted by Crippen LogP contribution is 2.34. The van der Waals surface area contributed by atoms with E-state index in [1.165, 1.54) is 0 Å². The molecule has 1 N–H and O–H groups in total. The van der Waals surface area contributed by atoms with Crippen LogP contribution in [0, 0.1) is 17.8 Å². The first-order valence-corrected chi connectivity index (χ1v) is 7.84. The Morgan fingerprint density at radius 2 is 1.83 bits per heavy atom. The van der Waals surface area contributed by atoms with Gasteiger partial charge in [0.1, 0.15) is 0 Å². The first kappa shape index (κ1) is 15.9. The highest BCUT2D eigenvalue weighted by molar-refractivity contribution is 7.80. The molecule has 0 bridgehead atoms. The van der Waals surface area contributed by atoms with Gasteiger partial charge in [-0.2, -0.15) is 8.42 Å². The van der Waals surface area contributed by atoms with Crippen LogP contribution in [0.1, 0.15) is 40.5 Å². The van der Waals surface area contributed by atoms with Gasteiger partial charge in [0.2, 0.25) is 0 Å². The highest BCUT2D eigenvalue weighted by atomic mass is 32.3. The van der Waals surface area contributed by atoms with Crippen molar-refractivity contribution in [2.75, 3.05) is 6.61 Å². The fourth-order valence-corrected chi connectivity index (χ4v) is 2.91. The van der Waals surface area contributed by atoms with E-state index in [2.05, 4.69) is 31.9 Å². The molecular weight excluding hydrogens is 256 g/mol. The third-order valence-electron chi connectivity index (χ3n) is 3.51. The molecule has 0 radical (unpaired) electrons. The SMILES string of the molecule is CC(C)C1CCC(COS(=O)(=O)O)OC1C(C)C. The summed E-state index contributed by atoms with van der Waals surface area (Å²) in [6.07, 6.45) is 1.63. The molecule has 0 aromatic carbocycles. The molecule has 0 saturated carbocycles. The van der Waals surface area contributed by atoms with E-state index in [1.54, 1.807) is 0 Å². The van der Waals surface area contributed by atoms with E-state index in [0.29, 0.717) is 17.8 Å². The molecule has 5 nitrogen and oxygen atoms in total. The molecule has 1 saturated heterocycles. The molecule has 6 heteroatoms. The van der Waals surface area contributed by atoms with Crippen molar-refractivity contribution in [3.05, 3.63) is 0 Å². The van der Waals surface area contributed by atoms with Crippen molar-refractivity contribution < 1.29 is 21.9 Å². The van der Waals surface area contributed by atoms with Gasteiger partial charge in [-0.05, 0) is 30.6 Å². The van der Waals surface area contributed by atoms with E-state index in [-0.39, 0.29) is 18.8 Å². The lowest BCUT2D eigenvalue weighted by atomic mass is 9.79. The zero-order valence-corrected chi connectivity index (χ0v) is 12.3. The van der Waals surface area contributed by atoms with Gasteiger partial charge in [0.25, 0.3) is 0 Å². The average Bonchev–Trinajstić information content (AvgIpc) is 2.24. The Morgan fingerprint density at radius 3 is 2.28 bits per heavy atom. The topological polar surface area (TPSA) is 72.8 Å². The first-order valence-electron chi connectivity index (χ1n) is 6.48. The van der Waals surface area contributed by atoms with Crippen LogP contribution in [-0.4, -0.2) is 31.8 Å². The predicted molar refractivity (Wildman–Crippen MR) is 68.6 cm³/mol. The Bertz CT molecular complexity index is 349. The van der Waals surface area contributed by atoms with Crippen LogP contribution in [0.4, 0.5) is 0 Å². The molecule has 18 heavy (non-hydrogen) atoms. The van der Waals surface area contributed by atoms with Crippen molar-refractivity contribution >= 4 is 10.4 Å². The van der Waals surface area contributed by atoms with Crippen molar-refractivity contribution in [1.29, 1.82) is 0 Å². The number of ether oxygens (including phenoxy) is 1. The molecule has 0 aromatic rings. The van der Waals surface area contributed by atoms with Crippen LogP contribution in [0.2, 0.25) is 0 Å². The lowest BCUT2D eigenvalue weighted by Gasteiger charge is -2.40. The zero-order chi connectivity index (χ0) is 13.9. The van der Waals surface area contributed by atoms with Crippen LogP contribution in [0.3, 0.4) is 0 Å². The summed E-state index contributed by atoms with van der Waals surface area (Å²) in [5.41, 5.74) is 0. The smallest absolute Gasteiger partial charge is 0.372 e. The predicted octanol–water partition coefficient (Wildman–Crippen LogP) is 2.28. The second-order valence-corrected chi connectivity index (χ2v) is 6.76. The fourth-order valence-electron chi connectivity index (χ4n) is 2.58.